The van der Waals surface area contributed by atoms with Crippen LogP contribution >= 0.6 is 0 Å². The van der Waals surface area contributed by atoms with Gasteiger partial charge in [0.05, 0.1) is 0 Å². The molecule has 1 aliphatic carbocycles. The predicted molar refractivity (Wildman–Crippen MR) is 101 cm³/mol. The number of halogens is 3. The molecule has 1 saturated carbocycles. The Labute approximate surface area is 158 Å². The summed E-state index contributed by atoms with van der Waals surface area (Å²) in [5, 5.41) is 0. The number of alkyl halides is 2. The zero-order chi connectivity index (χ0) is 19.3. The van der Waals surface area contributed by atoms with E-state index in [1.54, 1.807) is 12.1 Å². The van der Waals surface area contributed by atoms with Gasteiger partial charge in [0.15, 0.2) is 0 Å². The molecule has 0 amide bonds. The molecule has 0 N–H and O–H groups in total. The molecule has 0 atom stereocenters. The van der Waals surface area contributed by atoms with Gasteiger partial charge >= 0.3 is 0 Å². The number of hydrogen-bond acceptors (Lipinski definition) is 1. The number of carbonyl (C=O) groups excluding carboxylic acids is 1. The third-order valence-electron chi connectivity index (χ3n) is 5.41. The lowest BCUT2D eigenvalue weighted by molar-refractivity contribution is -0.121. The highest BCUT2D eigenvalue weighted by atomic mass is 19.3. The smallest absolute Gasteiger partial charge is 0.248 e. The Kier molecular flexibility index (Phi) is 6.35. The van der Waals surface area contributed by atoms with Crippen LogP contribution in [0.25, 0.3) is 11.1 Å². The van der Waals surface area contributed by atoms with Crippen LogP contribution < -0.4 is 0 Å². The van der Waals surface area contributed by atoms with E-state index in [0.29, 0.717) is 31.2 Å². The Balaban J connectivity index is 1.43. The van der Waals surface area contributed by atoms with Crippen molar-refractivity contribution in [3.63, 3.8) is 0 Å². The molecule has 0 heterocycles. The van der Waals surface area contributed by atoms with E-state index in [4.69, 9.17) is 0 Å². The highest BCUT2D eigenvalue weighted by Gasteiger charge is 2.35. The average Bonchev–Trinajstić information content (AvgIpc) is 2.65. The Morgan fingerprint density at radius 1 is 1.00 bits per heavy atom. The van der Waals surface area contributed by atoms with Crippen LogP contribution in [-0.2, 0) is 11.2 Å². The van der Waals surface area contributed by atoms with Crippen LogP contribution in [0, 0.1) is 11.7 Å². The van der Waals surface area contributed by atoms with Gasteiger partial charge in [-0.25, -0.2) is 13.2 Å². The summed E-state index contributed by atoms with van der Waals surface area (Å²) in [5.41, 5.74) is 2.53. The molecule has 0 aliphatic heterocycles. The highest BCUT2D eigenvalue weighted by molar-refractivity contribution is 5.78. The number of rotatable bonds is 7. The molecular weight excluding hydrogens is 349 g/mol. The fourth-order valence-electron chi connectivity index (χ4n) is 3.76. The maximum Gasteiger partial charge on any atom is 0.248 e. The Morgan fingerprint density at radius 2 is 1.67 bits per heavy atom. The van der Waals surface area contributed by atoms with Crippen LogP contribution in [0.5, 0.6) is 0 Å². The first-order valence-electron chi connectivity index (χ1n) is 9.66. The largest absolute Gasteiger partial charge is 0.300 e. The van der Waals surface area contributed by atoms with Gasteiger partial charge in [-0.3, -0.25) is 4.79 Å². The molecule has 144 valence electrons. The lowest BCUT2D eigenvalue weighted by atomic mass is 9.83. The van der Waals surface area contributed by atoms with Crippen LogP contribution in [-0.4, -0.2) is 11.7 Å². The summed E-state index contributed by atoms with van der Waals surface area (Å²) in [6.45, 7) is 0. The summed E-state index contributed by atoms with van der Waals surface area (Å²) in [7, 11) is 0. The summed E-state index contributed by atoms with van der Waals surface area (Å²) >= 11 is 0. The predicted octanol–water partition coefficient (Wildman–Crippen LogP) is 6.60. The van der Waals surface area contributed by atoms with E-state index in [1.807, 2.05) is 30.3 Å². The summed E-state index contributed by atoms with van der Waals surface area (Å²) in [5.74, 6) is -2.48. The van der Waals surface area contributed by atoms with Crippen molar-refractivity contribution in [1.82, 2.24) is 0 Å². The lowest BCUT2D eigenvalue weighted by Crippen LogP contribution is -2.25. The average molecular weight is 374 g/mol. The first-order chi connectivity index (χ1) is 12.9. The van der Waals surface area contributed by atoms with Crippen LogP contribution in [0.2, 0.25) is 0 Å². The zero-order valence-corrected chi connectivity index (χ0v) is 15.4. The minimum absolute atomic E-state index is 0.0840. The number of benzene rings is 2. The van der Waals surface area contributed by atoms with E-state index in [0.717, 1.165) is 24.0 Å². The number of carbonyl (C=O) groups is 1. The molecule has 0 radical (unpaired) electrons. The van der Waals surface area contributed by atoms with Gasteiger partial charge in [0.2, 0.25) is 5.92 Å². The summed E-state index contributed by atoms with van der Waals surface area (Å²) in [6.07, 6.45) is 3.20. The quantitative estimate of drug-likeness (QED) is 0.533. The molecule has 0 saturated heterocycles. The first kappa shape index (κ1) is 19.7. The van der Waals surface area contributed by atoms with Crippen LogP contribution in [0.3, 0.4) is 0 Å². The van der Waals surface area contributed by atoms with E-state index in [9.17, 15) is 18.0 Å². The van der Waals surface area contributed by atoms with Crippen LogP contribution in [0.1, 0.15) is 50.5 Å². The Bertz CT molecular complexity index is 757. The molecule has 0 bridgehead atoms. The molecule has 0 unspecified atom stereocenters. The second-order valence-electron chi connectivity index (χ2n) is 7.57. The fraction of sp³-hybridized carbons (Fsp3) is 0.435. The van der Waals surface area contributed by atoms with Gasteiger partial charge in [-0.15, -0.1) is 0 Å². The molecule has 27 heavy (non-hydrogen) atoms. The molecule has 3 rings (SSSR count). The SMILES string of the molecule is O=C(CCCc1ccc(-c2ccccc2F)cc1)CC1CCC(F)(F)CC1. The maximum absolute atomic E-state index is 13.8. The molecule has 2 aromatic carbocycles. The first-order valence-corrected chi connectivity index (χ1v) is 9.66. The minimum Gasteiger partial charge on any atom is -0.300 e. The van der Waals surface area contributed by atoms with Crippen molar-refractivity contribution in [1.29, 1.82) is 0 Å². The summed E-state index contributed by atoms with van der Waals surface area (Å²) in [6, 6.07) is 14.4. The van der Waals surface area contributed by atoms with Gasteiger partial charge in [-0.1, -0.05) is 42.5 Å². The highest BCUT2D eigenvalue weighted by Crippen LogP contribution is 2.37. The third kappa shape index (κ3) is 5.69. The van der Waals surface area contributed by atoms with Gasteiger partial charge in [-0.2, -0.15) is 0 Å². The molecule has 0 spiro atoms. The Morgan fingerprint density at radius 3 is 2.33 bits per heavy atom. The van der Waals surface area contributed by atoms with Crippen LogP contribution in [0.15, 0.2) is 48.5 Å². The second kappa shape index (κ2) is 8.73. The van der Waals surface area contributed by atoms with Crippen molar-refractivity contribution in [3.8, 4) is 11.1 Å². The van der Waals surface area contributed by atoms with Crippen LogP contribution in [0.4, 0.5) is 13.2 Å². The molecular formula is C23H25F3O. The standard InChI is InChI=1S/C23H25F3O/c24-22-7-2-1-6-21(22)19-10-8-17(9-11-19)4-3-5-20(27)16-18-12-14-23(25,26)15-13-18/h1-2,6-11,18H,3-5,12-16H2. The molecule has 1 nitrogen and oxygen atoms in total. The normalized spacial score (nSPS) is 17.0. The summed E-state index contributed by atoms with van der Waals surface area (Å²) in [4.78, 5) is 12.1. The Hall–Kier alpha value is -2.10. The van der Waals surface area contributed by atoms with Gasteiger partial charge in [0, 0.05) is 31.2 Å². The fourth-order valence-corrected chi connectivity index (χ4v) is 3.76. The zero-order valence-electron chi connectivity index (χ0n) is 15.4. The molecule has 1 aliphatic rings. The topological polar surface area (TPSA) is 17.1 Å². The van der Waals surface area contributed by atoms with Crippen molar-refractivity contribution in [3.05, 3.63) is 59.9 Å². The molecule has 0 aromatic heterocycles. The van der Waals surface area contributed by atoms with E-state index in [-0.39, 0.29) is 30.4 Å². The number of ketones is 1. The van der Waals surface area contributed by atoms with Gasteiger partial charge in [-0.05, 0) is 48.8 Å². The monoisotopic (exact) mass is 374 g/mol. The van der Waals surface area contributed by atoms with Gasteiger partial charge < -0.3 is 0 Å². The van der Waals surface area contributed by atoms with Crippen molar-refractivity contribution < 1.29 is 18.0 Å². The molecule has 1 fully saturated rings. The van der Waals surface area contributed by atoms with E-state index in [2.05, 4.69) is 0 Å². The maximum atomic E-state index is 13.8. The van der Waals surface area contributed by atoms with Crippen molar-refractivity contribution in [2.45, 2.75) is 57.3 Å². The van der Waals surface area contributed by atoms with Crippen molar-refractivity contribution in [2.24, 2.45) is 5.92 Å². The molecule has 4 heteroatoms. The van der Waals surface area contributed by atoms with Gasteiger partial charge in [0.25, 0.3) is 0 Å². The minimum atomic E-state index is -2.53. The molecule has 2 aromatic rings. The number of Topliss-reactive ketones (excluding diaryl/α,β-unsaturated/α-hetero) is 1. The lowest BCUT2D eigenvalue weighted by Gasteiger charge is -2.27. The van der Waals surface area contributed by atoms with Gasteiger partial charge in [0.1, 0.15) is 11.6 Å². The van der Waals surface area contributed by atoms with Crippen molar-refractivity contribution >= 4 is 5.78 Å². The number of aryl methyl sites for hydroxylation is 1. The summed E-state index contributed by atoms with van der Waals surface area (Å²) < 4.78 is 40.1. The van der Waals surface area contributed by atoms with E-state index < -0.39 is 5.92 Å². The second-order valence-corrected chi connectivity index (χ2v) is 7.57. The third-order valence-corrected chi connectivity index (χ3v) is 5.41. The number of hydrogen-bond donors (Lipinski definition) is 0. The van der Waals surface area contributed by atoms with Crippen molar-refractivity contribution in [2.75, 3.05) is 0 Å². The van der Waals surface area contributed by atoms with E-state index >= 15 is 0 Å². The van der Waals surface area contributed by atoms with E-state index in [1.165, 1.54) is 6.07 Å².